The Morgan fingerprint density at radius 3 is 2.88 bits per heavy atom. The number of halogens is 2. The molecule has 0 fully saturated rings. The average molecular weight is 359 g/mol. The molecule has 0 radical (unpaired) electrons. The Morgan fingerprint density at radius 1 is 1.35 bits per heavy atom. The van der Waals surface area contributed by atoms with E-state index in [1.165, 1.54) is 9.13 Å². The number of benzene rings is 1. The molecule has 17 heavy (non-hydrogen) atoms. The standard InChI is InChI=1S/C13H12ClIN2/c1-9-2-3-11(6-13(9)15)17-7-10-4-5-16-8-12(10)14/h2-6,8,17H,7H2,1H3. The first kappa shape index (κ1) is 12.6. The lowest BCUT2D eigenvalue weighted by molar-refractivity contribution is 1.13. The summed E-state index contributed by atoms with van der Waals surface area (Å²) in [6, 6.07) is 8.24. The summed E-state index contributed by atoms with van der Waals surface area (Å²) >= 11 is 8.38. The fourth-order valence-corrected chi connectivity index (χ4v) is 2.15. The third-order valence-electron chi connectivity index (χ3n) is 2.51. The third-order valence-corrected chi connectivity index (χ3v) is 4.01. The first-order valence-electron chi connectivity index (χ1n) is 5.25. The summed E-state index contributed by atoms with van der Waals surface area (Å²) in [6.07, 6.45) is 3.42. The van der Waals surface area contributed by atoms with E-state index in [0.717, 1.165) is 11.3 Å². The number of aryl methyl sites for hydroxylation is 1. The lowest BCUT2D eigenvalue weighted by Crippen LogP contribution is -2.00. The van der Waals surface area contributed by atoms with Crippen LogP contribution in [0.2, 0.25) is 5.02 Å². The maximum atomic E-state index is 6.04. The Kier molecular flexibility index (Phi) is 4.23. The monoisotopic (exact) mass is 358 g/mol. The predicted octanol–water partition coefficient (Wildman–Crippen LogP) is 4.26. The van der Waals surface area contributed by atoms with Crippen LogP contribution >= 0.6 is 34.2 Å². The van der Waals surface area contributed by atoms with Gasteiger partial charge < -0.3 is 5.32 Å². The van der Waals surface area contributed by atoms with Crippen molar-refractivity contribution in [2.75, 3.05) is 5.32 Å². The van der Waals surface area contributed by atoms with Crippen LogP contribution < -0.4 is 5.32 Å². The molecule has 0 aliphatic carbocycles. The zero-order valence-electron chi connectivity index (χ0n) is 9.37. The summed E-state index contributed by atoms with van der Waals surface area (Å²) < 4.78 is 1.26. The van der Waals surface area contributed by atoms with Crippen molar-refractivity contribution in [2.45, 2.75) is 13.5 Å². The summed E-state index contributed by atoms with van der Waals surface area (Å²) in [4.78, 5) is 3.96. The molecule has 88 valence electrons. The molecule has 0 saturated carbocycles. The van der Waals surface area contributed by atoms with E-state index < -0.39 is 0 Å². The van der Waals surface area contributed by atoms with Crippen molar-refractivity contribution in [3.8, 4) is 0 Å². The smallest absolute Gasteiger partial charge is 0.0639 e. The SMILES string of the molecule is Cc1ccc(NCc2ccncc2Cl)cc1I. The second-order valence-corrected chi connectivity index (χ2v) is 5.35. The van der Waals surface area contributed by atoms with Crippen LogP contribution in [0.3, 0.4) is 0 Å². The van der Waals surface area contributed by atoms with E-state index in [1.807, 2.05) is 6.07 Å². The molecule has 2 nitrogen and oxygen atoms in total. The molecule has 1 N–H and O–H groups in total. The van der Waals surface area contributed by atoms with E-state index in [0.29, 0.717) is 11.6 Å². The summed E-state index contributed by atoms with van der Waals surface area (Å²) in [7, 11) is 0. The second kappa shape index (κ2) is 5.69. The van der Waals surface area contributed by atoms with Crippen molar-refractivity contribution in [1.82, 2.24) is 4.98 Å². The summed E-state index contributed by atoms with van der Waals surface area (Å²) in [5.74, 6) is 0. The van der Waals surface area contributed by atoms with Crippen molar-refractivity contribution < 1.29 is 0 Å². The van der Waals surface area contributed by atoms with Gasteiger partial charge in [-0.3, -0.25) is 4.98 Å². The Bertz CT molecular complexity index is 529. The van der Waals surface area contributed by atoms with E-state index in [-0.39, 0.29) is 0 Å². The average Bonchev–Trinajstić information content (AvgIpc) is 2.32. The highest BCUT2D eigenvalue weighted by Gasteiger charge is 2.00. The Hall–Kier alpha value is -0.810. The van der Waals surface area contributed by atoms with Gasteiger partial charge in [0.15, 0.2) is 0 Å². The van der Waals surface area contributed by atoms with Gasteiger partial charge in [0.05, 0.1) is 5.02 Å². The van der Waals surface area contributed by atoms with E-state index in [4.69, 9.17) is 11.6 Å². The molecule has 0 unspecified atom stereocenters. The van der Waals surface area contributed by atoms with Gasteiger partial charge in [0.1, 0.15) is 0 Å². The van der Waals surface area contributed by atoms with Crippen LogP contribution in [0.5, 0.6) is 0 Å². The minimum atomic E-state index is 0.696. The van der Waals surface area contributed by atoms with Gasteiger partial charge in [0.2, 0.25) is 0 Å². The van der Waals surface area contributed by atoms with Crippen LogP contribution in [0.1, 0.15) is 11.1 Å². The maximum absolute atomic E-state index is 6.04. The van der Waals surface area contributed by atoms with Crippen molar-refractivity contribution in [1.29, 1.82) is 0 Å². The van der Waals surface area contributed by atoms with Crippen LogP contribution in [0.4, 0.5) is 5.69 Å². The first-order valence-corrected chi connectivity index (χ1v) is 6.71. The summed E-state index contributed by atoms with van der Waals surface area (Å²) in [5, 5.41) is 4.05. The number of aromatic nitrogens is 1. The zero-order valence-corrected chi connectivity index (χ0v) is 12.3. The van der Waals surface area contributed by atoms with Crippen molar-refractivity contribution >= 4 is 39.9 Å². The zero-order chi connectivity index (χ0) is 12.3. The molecule has 1 aromatic heterocycles. The molecule has 4 heteroatoms. The summed E-state index contributed by atoms with van der Waals surface area (Å²) in [5.41, 5.74) is 3.45. The predicted molar refractivity (Wildman–Crippen MR) is 80.5 cm³/mol. The summed E-state index contributed by atoms with van der Waals surface area (Å²) in [6.45, 7) is 2.81. The van der Waals surface area contributed by atoms with E-state index in [2.05, 4.69) is 58.0 Å². The van der Waals surface area contributed by atoms with Gasteiger partial charge in [-0.2, -0.15) is 0 Å². The van der Waals surface area contributed by atoms with Gasteiger partial charge in [0.25, 0.3) is 0 Å². The van der Waals surface area contributed by atoms with E-state index in [9.17, 15) is 0 Å². The highest BCUT2D eigenvalue weighted by Crippen LogP contribution is 2.19. The number of hydrogen-bond acceptors (Lipinski definition) is 2. The molecule has 0 aliphatic rings. The van der Waals surface area contributed by atoms with Gasteiger partial charge in [-0.15, -0.1) is 0 Å². The maximum Gasteiger partial charge on any atom is 0.0639 e. The van der Waals surface area contributed by atoms with Gasteiger partial charge in [0, 0.05) is 28.2 Å². The Labute approximate surface area is 120 Å². The molecule has 1 heterocycles. The molecule has 2 rings (SSSR count). The number of anilines is 1. The van der Waals surface area contributed by atoms with Crippen LogP contribution in [0.15, 0.2) is 36.7 Å². The van der Waals surface area contributed by atoms with Gasteiger partial charge >= 0.3 is 0 Å². The molecule has 0 saturated heterocycles. The molecular weight excluding hydrogens is 347 g/mol. The van der Waals surface area contributed by atoms with Gasteiger partial charge in [-0.25, -0.2) is 0 Å². The fourth-order valence-electron chi connectivity index (χ4n) is 1.45. The third kappa shape index (κ3) is 3.33. The quantitative estimate of drug-likeness (QED) is 0.829. The van der Waals surface area contributed by atoms with Gasteiger partial charge in [-0.1, -0.05) is 17.7 Å². The fraction of sp³-hybridized carbons (Fsp3) is 0.154. The first-order chi connectivity index (χ1) is 8.16. The molecule has 2 aromatic rings. The van der Waals surface area contributed by atoms with Crippen molar-refractivity contribution in [3.63, 3.8) is 0 Å². The molecular formula is C13H12ClIN2. The van der Waals surface area contributed by atoms with Crippen LogP contribution in [-0.4, -0.2) is 4.98 Å². The number of rotatable bonds is 3. The molecule has 0 spiro atoms. The van der Waals surface area contributed by atoms with E-state index >= 15 is 0 Å². The number of hydrogen-bond donors (Lipinski definition) is 1. The minimum absolute atomic E-state index is 0.696. The minimum Gasteiger partial charge on any atom is -0.381 e. The largest absolute Gasteiger partial charge is 0.381 e. The Balaban J connectivity index is 2.08. The Morgan fingerprint density at radius 2 is 2.18 bits per heavy atom. The number of nitrogens with zero attached hydrogens (tertiary/aromatic N) is 1. The normalized spacial score (nSPS) is 10.3. The molecule has 1 aromatic carbocycles. The van der Waals surface area contributed by atoms with Crippen molar-refractivity contribution in [3.05, 3.63) is 56.4 Å². The lowest BCUT2D eigenvalue weighted by atomic mass is 10.2. The second-order valence-electron chi connectivity index (χ2n) is 3.78. The topological polar surface area (TPSA) is 24.9 Å². The van der Waals surface area contributed by atoms with Crippen molar-refractivity contribution in [2.24, 2.45) is 0 Å². The van der Waals surface area contributed by atoms with Gasteiger partial charge in [-0.05, 0) is 58.8 Å². The lowest BCUT2D eigenvalue weighted by Gasteiger charge is -2.09. The van der Waals surface area contributed by atoms with Crippen LogP contribution in [-0.2, 0) is 6.54 Å². The number of nitrogens with one attached hydrogen (secondary N) is 1. The number of pyridine rings is 1. The molecule has 0 bridgehead atoms. The van der Waals surface area contributed by atoms with Crippen LogP contribution in [0.25, 0.3) is 0 Å². The molecule has 0 atom stereocenters. The highest BCUT2D eigenvalue weighted by molar-refractivity contribution is 14.1. The molecule has 0 amide bonds. The molecule has 0 aliphatic heterocycles. The highest BCUT2D eigenvalue weighted by atomic mass is 127. The van der Waals surface area contributed by atoms with Crippen LogP contribution in [0, 0.1) is 10.5 Å². The van der Waals surface area contributed by atoms with E-state index in [1.54, 1.807) is 12.4 Å².